The number of nitrogens with zero attached hydrogens (tertiary/aromatic N) is 1. The molecule has 0 aromatic carbocycles. The van der Waals surface area contributed by atoms with Crippen molar-refractivity contribution in [2.45, 2.75) is 26.9 Å². The monoisotopic (exact) mass is 189 g/mol. The maximum Gasteiger partial charge on any atom is 0.332 e. The first kappa shape index (κ1) is 12.4. The molecule has 0 bridgehead atoms. The van der Waals surface area contributed by atoms with E-state index in [4.69, 9.17) is 9.84 Å². The Balaban J connectivity index is 3.48. The number of carboxylic acids is 1. The molecule has 0 saturated heterocycles. The minimum Gasteiger partial charge on any atom is -0.479 e. The number of carboxylic acid groups (broad SMARTS) is 1. The lowest BCUT2D eigenvalue weighted by atomic mass is 10.4. The minimum absolute atomic E-state index is 0.481. The van der Waals surface area contributed by atoms with Crippen molar-refractivity contribution in [3.8, 4) is 0 Å². The van der Waals surface area contributed by atoms with Crippen LogP contribution in [0.25, 0.3) is 0 Å². The predicted molar refractivity (Wildman–Crippen MR) is 50.8 cm³/mol. The summed E-state index contributed by atoms with van der Waals surface area (Å²) in [5, 5.41) is 8.52. The molecule has 0 aromatic heterocycles. The van der Waals surface area contributed by atoms with Gasteiger partial charge in [0.1, 0.15) is 0 Å². The standard InChI is InChI=1S/C9H19NO3/c1-4-10(5-2)6-7-13-8(3)9(11)12/h8H,4-7H2,1-3H3,(H,11,12). The minimum atomic E-state index is -0.903. The largest absolute Gasteiger partial charge is 0.479 e. The van der Waals surface area contributed by atoms with Crippen LogP contribution in [0.4, 0.5) is 0 Å². The number of rotatable bonds is 7. The quantitative estimate of drug-likeness (QED) is 0.644. The molecule has 0 amide bonds. The molecule has 78 valence electrons. The second-order valence-corrected chi connectivity index (χ2v) is 2.88. The van der Waals surface area contributed by atoms with E-state index in [0.717, 1.165) is 19.6 Å². The summed E-state index contributed by atoms with van der Waals surface area (Å²) in [4.78, 5) is 12.6. The first-order chi connectivity index (χ1) is 6.11. The molecule has 1 atom stereocenters. The van der Waals surface area contributed by atoms with Crippen molar-refractivity contribution in [1.82, 2.24) is 4.90 Å². The molecule has 1 N–H and O–H groups in total. The number of aliphatic carboxylic acids is 1. The van der Waals surface area contributed by atoms with Gasteiger partial charge in [0.25, 0.3) is 0 Å². The highest BCUT2D eigenvalue weighted by molar-refractivity contribution is 5.71. The van der Waals surface area contributed by atoms with Gasteiger partial charge in [0.15, 0.2) is 6.10 Å². The summed E-state index contributed by atoms with van der Waals surface area (Å²) in [5.41, 5.74) is 0. The first-order valence-electron chi connectivity index (χ1n) is 4.68. The van der Waals surface area contributed by atoms with Crippen molar-refractivity contribution in [2.24, 2.45) is 0 Å². The van der Waals surface area contributed by atoms with Crippen LogP contribution in [0.1, 0.15) is 20.8 Å². The third-order valence-corrected chi connectivity index (χ3v) is 2.02. The SMILES string of the molecule is CCN(CC)CCOC(C)C(=O)O. The Labute approximate surface area is 79.5 Å². The Morgan fingerprint density at radius 3 is 2.38 bits per heavy atom. The zero-order valence-electron chi connectivity index (χ0n) is 8.62. The molecule has 0 fully saturated rings. The number of hydrogen-bond donors (Lipinski definition) is 1. The summed E-state index contributed by atoms with van der Waals surface area (Å²) in [7, 11) is 0. The summed E-state index contributed by atoms with van der Waals surface area (Å²) in [6.07, 6.45) is -0.699. The second-order valence-electron chi connectivity index (χ2n) is 2.88. The third kappa shape index (κ3) is 5.60. The Morgan fingerprint density at radius 2 is 2.00 bits per heavy atom. The predicted octanol–water partition coefficient (Wildman–Crippen LogP) is 0.818. The van der Waals surface area contributed by atoms with Crippen molar-refractivity contribution >= 4 is 5.97 Å². The number of ether oxygens (including phenoxy) is 1. The van der Waals surface area contributed by atoms with Crippen LogP contribution in [0, 0.1) is 0 Å². The van der Waals surface area contributed by atoms with E-state index in [0.29, 0.717) is 6.61 Å². The van der Waals surface area contributed by atoms with Crippen molar-refractivity contribution in [3.63, 3.8) is 0 Å². The summed E-state index contributed by atoms with van der Waals surface area (Å²) in [5.74, 6) is -0.903. The van der Waals surface area contributed by atoms with E-state index in [1.165, 1.54) is 0 Å². The normalized spacial score (nSPS) is 13.2. The van der Waals surface area contributed by atoms with Crippen molar-refractivity contribution in [2.75, 3.05) is 26.2 Å². The average molecular weight is 189 g/mol. The molecule has 0 saturated carbocycles. The van der Waals surface area contributed by atoms with Crippen molar-refractivity contribution < 1.29 is 14.6 Å². The summed E-state index contributed by atoms with van der Waals surface area (Å²) < 4.78 is 5.10. The Bertz CT molecular complexity index is 146. The van der Waals surface area contributed by atoms with Gasteiger partial charge in [-0.1, -0.05) is 13.8 Å². The topological polar surface area (TPSA) is 49.8 Å². The van der Waals surface area contributed by atoms with E-state index in [1.807, 2.05) is 0 Å². The Kier molecular flexibility index (Phi) is 6.54. The highest BCUT2D eigenvalue weighted by atomic mass is 16.5. The van der Waals surface area contributed by atoms with E-state index in [2.05, 4.69) is 18.7 Å². The fourth-order valence-electron chi connectivity index (χ4n) is 0.970. The number of likely N-dealkylation sites (N-methyl/N-ethyl adjacent to an activating group) is 1. The average Bonchev–Trinajstić information content (AvgIpc) is 2.12. The van der Waals surface area contributed by atoms with Crippen LogP contribution in [0.5, 0.6) is 0 Å². The molecule has 0 spiro atoms. The summed E-state index contributed by atoms with van der Waals surface area (Å²) in [6, 6.07) is 0. The van der Waals surface area contributed by atoms with E-state index < -0.39 is 12.1 Å². The van der Waals surface area contributed by atoms with Gasteiger partial charge in [-0.2, -0.15) is 0 Å². The van der Waals surface area contributed by atoms with Gasteiger partial charge in [-0.05, 0) is 20.0 Å². The van der Waals surface area contributed by atoms with Crippen LogP contribution < -0.4 is 0 Å². The van der Waals surface area contributed by atoms with E-state index >= 15 is 0 Å². The maximum absolute atomic E-state index is 10.4. The van der Waals surface area contributed by atoms with Gasteiger partial charge >= 0.3 is 5.97 Å². The molecule has 0 aliphatic carbocycles. The molecule has 0 rings (SSSR count). The maximum atomic E-state index is 10.4. The third-order valence-electron chi connectivity index (χ3n) is 2.02. The van der Waals surface area contributed by atoms with Crippen molar-refractivity contribution in [1.29, 1.82) is 0 Å². The molecule has 0 aliphatic heterocycles. The van der Waals surface area contributed by atoms with Crippen molar-refractivity contribution in [3.05, 3.63) is 0 Å². The van der Waals surface area contributed by atoms with Gasteiger partial charge in [0.05, 0.1) is 6.61 Å². The molecule has 4 heteroatoms. The van der Waals surface area contributed by atoms with Crippen LogP contribution in [-0.2, 0) is 9.53 Å². The number of carbonyl (C=O) groups is 1. The van der Waals surface area contributed by atoms with Gasteiger partial charge in [0.2, 0.25) is 0 Å². The van der Waals surface area contributed by atoms with E-state index in [1.54, 1.807) is 6.92 Å². The summed E-state index contributed by atoms with van der Waals surface area (Å²) in [6.45, 7) is 8.92. The van der Waals surface area contributed by atoms with Crippen LogP contribution >= 0.6 is 0 Å². The first-order valence-corrected chi connectivity index (χ1v) is 4.68. The number of hydrogen-bond acceptors (Lipinski definition) is 3. The Hall–Kier alpha value is -0.610. The molecule has 4 nitrogen and oxygen atoms in total. The lowest BCUT2D eigenvalue weighted by Gasteiger charge is -2.18. The van der Waals surface area contributed by atoms with Gasteiger partial charge in [-0.15, -0.1) is 0 Å². The van der Waals surface area contributed by atoms with Crippen LogP contribution in [-0.4, -0.2) is 48.3 Å². The molecule has 0 aliphatic rings. The lowest BCUT2D eigenvalue weighted by molar-refractivity contribution is -0.149. The molecule has 0 radical (unpaired) electrons. The molecule has 0 aromatic rings. The smallest absolute Gasteiger partial charge is 0.332 e. The lowest BCUT2D eigenvalue weighted by Crippen LogP contribution is -2.30. The Morgan fingerprint density at radius 1 is 1.46 bits per heavy atom. The van der Waals surface area contributed by atoms with Gasteiger partial charge < -0.3 is 14.7 Å². The van der Waals surface area contributed by atoms with E-state index in [9.17, 15) is 4.79 Å². The molecule has 13 heavy (non-hydrogen) atoms. The van der Waals surface area contributed by atoms with Crippen LogP contribution in [0.15, 0.2) is 0 Å². The molecular formula is C9H19NO3. The zero-order valence-corrected chi connectivity index (χ0v) is 8.62. The molecule has 0 heterocycles. The highest BCUT2D eigenvalue weighted by Crippen LogP contribution is 1.92. The molecular weight excluding hydrogens is 170 g/mol. The van der Waals surface area contributed by atoms with Crippen LogP contribution in [0.3, 0.4) is 0 Å². The fraction of sp³-hybridized carbons (Fsp3) is 0.889. The van der Waals surface area contributed by atoms with Gasteiger partial charge in [-0.25, -0.2) is 4.79 Å². The molecule has 1 unspecified atom stereocenters. The van der Waals surface area contributed by atoms with Crippen LogP contribution in [0.2, 0.25) is 0 Å². The van der Waals surface area contributed by atoms with Gasteiger partial charge in [-0.3, -0.25) is 0 Å². The summed E-state index contributed by atoms with van der Waals surface area (Å²) >= 11 is 0. The van der Waals surface area contributed by atoms with E-state index in [-0.39, 0.29) is 0 Å². The van der Waals surface area contributed by atoms with Gasteiger partial charge in [0, 0.05) is 6.54 Å². The fourth-order valence-corrected chi connectivity index (χ4v) is 0.970. The second kappa shape index (κ2) is 6.86. The zero-order chi connectivity index (χ0) is 10.3. The highest BCUT2D eigenvalue weighted by Gasteiger charge is 2.10.